The van der Waals surface area contributed by atoms with Crippen molar-refractivity contribution in [2.24, 2.45) is 0 Å². The molecule has 0 spiro atoms. The number of aromatic nitrogens is 2. The van der Waals surface area contributed by atoms with Gasteiger partial charge in [-0.15, -0.1) is 0 Å². The molecule has 0 amide bonds. The molecule has 18 heavy (non-hydrogen) atoms. The summed E-state index contributed by atoms with van der Waals surface area (Å²) in [4.78, 5) is 2.60. The van der Waals surface area contributed by atoms with Crippen molar-refractivity contribution in [2.75, 3.05) is 20.1 Å². The van der Waals surface area contributed by atoms with Crippen molar-refractivity contribution >= 4 is 0 Å². The lowest BCUT2D eigenvalue weighted by Crippen LogP contribution is -2.51. The van der Waals surface area contributed by atoms with Crippen LogP contribution >= 0.6 is 0 Å². The van der Waals surface area contributed by atoms with Gasteiger partial charge in [-0.3, -0.25) is 9.58 Å². The van der Waals surface area contributed by atoms with E-state index in [1.165, 1.54) is 31.6 Å². The normalized spacial score (nSPS) is 19.3. The summed E-state index contributed by atoms with van der Waals surface area (Å²) in [5.74, 6) is 0. The maximum Gasteiger partial charge on any atom is 0.0671 e. The molecule has 1 unspecified atom stereocenters. The molecule has 1 aromatic rings. The van der Waals surface area contributed by atoms with Gasteiger partial charge in [-0.25, -0.2) is 0 Å². The van der Waals surface area contributed by atoms with Gasteiger partial charge in [0.2, 0.25) is 0 Å². The molecule has 1 atom stereocenters. The average molecular weight is 250 g/mol. The van der Waals surface area contributed by atoms with Gasteiger partial charge in [-0.1, -0.05) is 0 Å². The minimum Gasteiger partial charge on any atom is -0.310 e. The molecule has 2 rings (SSSR count). The molecule has 0 bridgehead atoms. The number of nitrogens with zero attached hydrogens (tertiary/aromatic N) is 3. The summed E-state index contributed by atoms with van der Waals surface area (Å²) in [6.07, 6.45) is 4.56. The summed E-state index contributed by atoms with van der Waals surface area (Å²) in [7, 11) is 2.05. The molecule has 4 nitrogen and oxygen atoms in total. The molecule has 1 aromatic heterocycles. The molecule has 1 aliphatic rings. The van der Waals surface area contributed by atoms with Crippen LogP contribution in [-0.2, 0) is 6.54 Å². The van der Waals surface area contributed by atoms with Gasteiger partial charge in [0.1, 0.15) is 0 Å². The van der Waals surface area contributed by atoms with Crippen LogP contribution in [0.25, 0.3) is 0 Å². The number of likely N-dealkylation sites (N-methyl/N-ethyl adjacent to an activating group) is 1. The van der Waals surface area contributed by atoms with Crippen LogP contribution in [-0.4, -0.2) is 40.4 Å². The van der Waals surface area contributed by atoms with E-state index in [0.717, 1.165) is 6.54 Å². The second-order valence-corrected chi connectivity index (χ2v) is 5.64. The van der Waals surface area contributed by atoms with Gasteiger partial charge in [0.25, 0.3) is 0 Å². The Morgan fingerprint density at radius 2 is 2.06 bits per heavy atom. The summed E-state index contributed by atoms with van der Waals surface area (Å²) in [6.45, 7) is 10.2. The standard InChI is InChI=1S/C14H26N4/c1-5-18-12(8-9-16-18)13(15-4)14(2,3)17-10-6-7-11-17/h8-9,13,15H,5-7,10-11H2,1-4H3. The van der Waals surface area contributed by atoms with Crippen LogP contribution in [0.3, 0.4) is 0 Å². The second-order valence-electron chi connectivity index (χ2n) is 5.64. The molecule has 0 aliphatic carbocycles. The Bertz CT molecular complexity index is 377. The highest BCUT2D eigenvalue weighted by Gasteiger charge is 2.38. The van der Waals surface area contributed by atoms with E-state index in [9.17, 15) is 0 Å². The Balaban J connectivity index is 2.26. The number of hydrogen-bond acceptors (Lipinski definition) is 3. The molecule has 0 aromatic carbocycles. The van der Waals surface area contributed by atoms with Gasteiger partial charge in [0.05, 0.1) is 11.7 Å². The Labute approximate surface area is 110 Å². The minimum atomic E-state index is 0.123. The van der Waals surface area contributed by atoms with E-state index in [4.69, 9.17) is 0 Å². The smallest absolute Gasteiger partial charge is 0.0671 e. The zero-order valence-corrected chi connectivity index (χ0v) is 12.1. The number of rotatable bonds is 5. The van der Waals surface area contributed by atoms with E-state index in [-0.39, 0.29) is 5.54 Å². The molecule has 1 aliphatic heterocycles. The van der Waals surface area contributed by atoms with Crippen molar-refractivity contribution < 1.29 is 0 Å². The Kier molecular flexibility index (Phi) is 4.07. The van der Waals surface area contributed by atoms with Crippen molar-refractivity contribution in [1.29, 1.82) is 0 Å². The third-order valence-electron chi connectivity index (χ3n) is 4.26. The van der Waals surface area contributed by atoms with E-state index < -0.39 is 0 Å². The molecule has 1 saturated heterocycles. The Morgan fingerprint density at radius 1 is 1.39 bits per heavy atom. The molecule has 1 N–H and O–H groups in total. The van der Waals surface area contributed by atoms with Gasteiger partial charge < -0.3 is 5.32 Å². The lowest BCUT2D eigenvalue weighted by Gasteiger charge is -2.42. The van der Waals surface area contributed by atoms with E-state index in [1.54, 1.807) is 0 Å². The van der Waals surface area contributed by atoms with Crippen molar-refractivity contribution in [3.8, 4) is 0 Å². The third kappa shape index (κ3) is 2.31. The first kappa shape index (κ1) is 13.6. The first-order valence-electron chi connectivity index (χ1n) is 7.05. The molecule has 1 fully saturated rings. The SMILES string of the molecule is CCn1nccc1C(NC)C(C)(C)N1CCCC1. The van der Waals surface area contributed by atoms with Crippen molar-refractivity contribution in [3.05, 3.63) is 18.0 Å². The Morgan fingerprint density at radius 3 is 2.61 bits per heavy atom. The van der Waals surface area contributed by atoms with Crippen LogP contribution in [0.4, 0.5) is 0 Å². The number of nitrogens with one attached hydrogen (secondary N) is 1. The summed E-state index contributed by atoms with van der Waals surface area (Å²) >= 11 is 0. The maximum absolute atomic E-state index is 4.40. The maximum atomic E-state index is 4.40. The lowest BCUT2D eigenvalue weighted by atomic mass is 9.90. The number of hydrogen-bond donors (Lipinski definition) is 1. The highest BCUT2D eigenvalue weighted by Crippen LogP contribution is 2.33. The fourth-order valence-corrected chi connectivity index (χ4v) is 3.19. The monoisotopic (exact) mass is 250 g/mol. The summed E-state index contributed by atoms with van der Waals surface area (Å²) in [5, 5.41) is 7.90. The summed E-state index contributed by atoms with van der Waals surface area (Å²) in [6, 6.07) is 2.46. The third-order valence-corrected chi connectivity index (χ3v) is 4.26. The zero-order valence-electron chi connectivity index (χ0n) is 12.1. The van der Waals surface area contributed by atoms with Gasteiger partial charge in [0, 0.05) is 18.3 Å². The molecule has 0 radical (unpaired) electrons. The first-order chi connectivity index (χ1) is 8.61. The van der Waals surface area contributed by atoms with Crippen LogP contribution in [0.2, 0.25) is 0 Å². The van der Waals surface area contributed by atoms with E-state index in [0.29, 0.717) is 6.04 Å². The van der Waals surface area contributed by atoms with E-state index in [2.05, 4.69) is 53.9 Å². The van der Waals surface area contributed by atoms with Crippen molar-refractivity contribution in [2.45, 2.75) is 51.7 Å². The van der Waals surface area contributed by atoms with Gasteiger partial charge in [-0.05, 0) is 59.8 Å². The van der Waals surface area contributed by atoms with Gasteiger partial charge in [-0.2, -0.15) is 5.10 Å². The summed E-state index contributed by atoms with van der Waals surface area (Å²) < 4.78 is 2.10. The molecular weight excluding hydrogens is 224 g/mol. The molecule has 4 heteroatoms. The van der Waals surface area contributed by atoms with Crippen LogP contribution in [0.1, 0.15) is 45.3 Å². The first-order valence-corrected chi connectivity index (χ1v) is 7.05. The topological polar surface area (TPSA) is 33.1 Å². The lowest BCUT2D eigenvalue weighted by molar-refractivity contribution is 0.106. The number of likely N-dealkylation sites (tertiary alicyclic amines) is 1. The number of aryl methyl sites for hydroxylation is 1. The van der Waals surface area contributed by atoms with E-state index >= 15 is 0 Å². The van der Waals surface area contributed by atoms with Crippen LogP contribution in [0.15, 0.2) is 12.3 Å². The van der Waals surface area contributed by atoms with Crippen LogP contribution < -0.4 is 5.32 Å². The largest absolute Gasteiger partial charge is 0.310 e. The van der Waals surface area contributed by atoms with Crippen molar-refractivity contribution in [1.82, 2.24) is 20.0 Å². The average Bonchev–Trinajstić information content (AvgIpc) is 3.00. The fraction of sp³-hybridized carbons (Fsp3) is 0.786. The zero-order chi connectivity index (χ0) is 13.2. The molecule has 102 valence electrons. The quantitative estimate of drug-likeness (QED) is 0.868. The molecule has 0 saturated carbocycles. The van der Waals surface area contributed by atoms with Gasteiger partial charge in [0.15, 0.2) is 0 Å². The van der Waals surface area contributed by atoms with Crippen LogP contribution in [0, 0.1) is 0 Å². The predicted molar refractivity (Wildman–Crippen MR) is 74.6 cm³/mol. The summed E-state index contributed by atoms with van der Waals surface area (Å²) in [5.41, 5.74) is 1.41. The minimum absolute atomic E-state index is 0.123. The predicted octanol–water partition coefficient (Wildman–Crippen LogP) is 2.04. The van der Waals surface area contributed by atoms with Crippen molar-refractivity contribution in [3.63, 3.8) is 0 Å². The molecular formula is C14H26N4. The highest BCUT2D eigenvalue weighted by atomic mass is 15.3. The van der Waals surface area contributed by atoms with Crippen LogP contribution in [0.5, 0.6) is 0 Å². The molecule has 2 heterocycles. The van der Waals surface area contributed by atoms with Gasteiger partial charge >= 0.3 is 0 Å². The fourth-order valence-electron chi connectivity index (χ4n) is 3.19. The second kappa shape index (κ2) is 5.41. The highest BCUT2D eigenvalue weighted by molar-refractivity contribution is 5.14. The Hall–Kier alpha value is -0.870. The van der Waals surface area contributed by atoms with E-state index in [1.807, 2.05) is 6.20 Å².